The van der Waals surface area contributed by atoms with E-state index in [2.05, 4.69) is 42.9 Å². The fraction of sp³-hybridized carbons (Fsp3) is 0.696. The molecule has 0 atom stereocenters. The molecule has 0 aromatic carbocycles. The van der Waals surface area contributed by atoms with Gasteiger partial charge in [-0.1, -0.05) is 48.5 Å². The first-order valence-corrected chi connectivity index (χ1v) is 11.0. The fourth-order valence-electron chi connectivity index (χ4n) is 3.10. The SMILES string of the molecule is COc1cc2c(nn1)nc(C(=O)C(C)(C)C)n2CC(=O)N(CCC(C)C)CCC(C)C. The molecule has 0 fully saturated rings. The van der Waals surface area contributed by atoms with E-state index in [1.54, 1.807) is 10.6 Å². The van der Waals surface area contributed by atoms with Gasteiger partial charge in [-0.2, -0.15) is 0 Å². The molecule has 0 radical (unpaired) electrons. The molecule has 8 nitrogen and oxygen atoms in total. The van der Waals surface area contributed by atoms with E-state index < -0.39 is 5.41 Å². The van der Waals surface area contributed by atoms with Gasteiger partial charge in [-0.3, -0.25) is 9.59 Å². The molecule has 172 valence electrons. The van der Waals surface area contributed by atoms with Crippen molar-refractivity contribution in [3.05, 3.63) is 11.9 Å². The number of ether oxygens (including phenoxy) is 1. The fourth-order valence-corrected chi connectivity index (χ4v) is 3.10. The predicted octanol–water partition coefficient (Wildman–Crippen LogP) is 3.98. The number of carbonyl (C=O) groups is 2. The van der Waals surface area contributed by atoms with Crippen LogP contribution < -0.4 is 4.74 Å². The molecule has 0 unspecified atom stereocenters. The van der Waals surface area contributed by atoms with Crippen molar-refractivity contribution in [1.82, 2.24) is 24.6 Å². The Labute approximate surface area is 185 Å². The van der Waals surface area contributed by atoms with Gasteiger partial charge in [0.1, 0.15) is 6.54 Å². The highest BCUT2D eigenvalue weighted by Crippen LogP contribution is 2.25. The summed E-state index contributed by atoms with van der Waals surface area (Å²) < 4.78 is 6.87. The van der Waals surface area contributed by atoms with Crippen LogP contribution in [0.5, 0.6) is 5.88 Å². The third-order valence-electron chi connectivity index (χ3n) is 5.18. The van der Waals surface area contributed by atoms with Gasteiger partial charge in [0, 0.05) is 24.6 Å². The summed E-state index contributed by atoms with van der Waals surface area (Å²) in [7, 11) is 1.50. The van der Waals surface area contributed by atoms with Crippen LogP contribution in [0.15, 0.2) is 6.07 Å². The molecule has 2 rings (SSSR count). The molecule has 0 bridgehead atoms. The van der Waals surface area contributed by atoms with Crippen LogP contribution in [0.2, 0.25) is 0 Å². The molecule has 2 heterocycles. The van der Waals surface area contributed by atoms with Crippen molar-refractivity contribution < 1.29 is 14.3 Å². The molecule has 0 aliphatic rings. The molecule has 0 spiro atoms. The molecule has 1 amide bonds. The van der Waals surface area contributed by atoms with E-state index in [1.807, 2.05) is 25.7 Å². The number of ketones is 1. The van der Waals surface area contributed by atoms with Gasteiger partial charge in [-0.05, 0) is 24.7 Å². The third-order valence-corrected chi connectivity index (χ3v) is 5.18. The molecule has 2 aromatic heterocycles. The van der Waals surface area contributed by atoms with Crippen LogP contribution >= 0.6 is 0 Å². The van der Waals surface area contributed by atoms with E-state index in [9.17, 15) is 9.59 Å². The Bertz CT molecular complexity index is 900. The normalized spacial score (nSPS) is 12.1. The van der Waals surface area contributed by atoms with Crippen LogP contribution in [0.3, 0.4) is 0 Å². The van der Waals surface area contributed by atoms with E-state index in [1.165, 1.54) is 7.11 Å². The highest BCUT2D eigenvalue weighted by molar-refractivity contribution is 5.99. The van der Waals surface area contributed by atoms with Crippen LogP contribution in [-0.2, 0) is 11.3 Å². The molecule has 2 aromatic rings. The summed E-state index contributed by atoms with van der Waals surface area (Å²) in [6.45, 7) is 15.5. The number of amides is 1. The Balaban J connectivity index is 2.45. The summed E-state index contributed by atoms with van der Waals surface area (Å²) in [6.07, 6.45) is 1.86. The van der Waals surface area contributed by atoms with Crippen molar-refractivity contribution in [3.63, 3.8) is 0 Å². The zero-order chi connectivity index (χ0) is 23.3. The second kappa shape index (κ2) is 10.2. The smallest absolute Gasteiger partial charge is 0.242 e. The first-order valence-electron chi connectivity index (χ1n) is 11.0. The van der Waals surface area contributed by atoms with Crippen LogP contribution in [0, 0.1) is 17.3 Å². The standard InChI is InChI=1S/C23H37N5O3/c1-15(2)9-11-27(12-10-16(3)4)19(29)14-28-17-13-18(31-8)25-26-21(17)24-22(28)20(30)23(5,6)7/h13,15-16H,9-12,14H2,1-8H3. The van der Waals surface area contributed by atoms with E-state index in [0.29, 0.717) is 42.0 Å². The maximum absolute atomic E-state index is 13.4. The predicted molar refractivity (Wildman–Crippen MR) is 121 cm³/mol. The largest absolute Gasteiger partial charge is 0.480 e. The monoisotopic (exact) mass is 431 g/mol. The van der Waals surface area contributed by atoms with Crippen molar-refractivity contribution in [3.8, 4) is 5.88 Å². The Kier molecular flexibility index (Phi) is 8.14. The summed E-state index contributed by atoms with van der Waals surface area (Å²) in [5, 5.41) is 8.04. The maximum Gasteiger partial charge on any atom is 0.242 e. The first-order chi connectivity index (χ1) is 14.4. The van der Waals surface area contributed by atoms with Crippen LogP contribution in [0.25, 0.3) is 11.2 Å². The molecule has 31 heavy (non-hydrogen) atoms. The van der Waals surface area contributed by atoms with E-state index in [0.717, 1.165) is 12.8 Å². The number of carbonyl (C=O) groups excluding carboxylic acids is 2. The minimum Gasteiger partial charge on any atom is -0.480 e. The number of Topliss-reactive ketones (excluding diaryl/α,β-unsaturated/α-hetero) is 1. The molecule has 0 aliphatic carbocycles. The number of methoxy groups -OCH3 is 1. The summed E-state index contributed by atoms with van der Waals surface area (Å²) in [4.78, 5) is 32.8. The van der Waals surface area contributed by atoms with Crippen molar-refractivity contribution in [1.29, 1.82) is 0 Å². The van der Waals surface area contributed by atoms with E-state index in [-0.39, 0.29) is 24.1 Å². The minimum atomic E-state index is -0.644. The lowest BCUT2D eigenvalue weighted by Crippen LogP contribution is -2.37. The lowest BCUT2D eigenvalue weighted by molar-refractivity contribution is -0.132. The van der Waals surface area contributed by atoms with Gasteiger partial charge in [0.05, 0.1) is 12.6 Å². The zero-order valence-corrected chi connectivity index (χ0v) is 20.2. The Morgan fingerprint density at radius 1 is 1.06 bits per heavy atom. The van der Waals surface area contributed by atoms with Crippen molar-refractivity contribution in [2.45, 2.75) is 67.9 Å². The number of hydrogen-bond acceptors (Lipinski definition) is 6. The summed E-state index contributed by atoms with van der Waals surface area (Å²) in [5.41, 5.74) is 0.256. The highest BCUT2D eigenvalue weighted by atomic mass is 16.5. The summed E-state index contributed by atoms with van der Waals surface area (Å²) >= 11 is 0. The maximum atomic E-state index is 13.4. The molecule has 0 aliphatic heterocycles. The lowest BCUT2D eigenvalue weighted by atomic mass is 9.90. The zero-order valence-electron chi connectivity index (χ0n) is 20.2. The van der Waals surface area contributed by atoms with Gasteiger partial charge >= 0.3 is 0 Å². The second-order valence-corrected chi connectivity index (χ2v) is 9.94. The Morgan fingerprint density at radius 3 is 2.13 bits per heavy atom. The van der Waals surface area contributed by atoms with Crippen LogP contribution in [-0.4, -0.2) is 56.5 Å². The molecule has 8 heteroatoms. The molecular weight excluding hydrogens is 394 g/mol. The number of imidazole rings is 1. The van der Waals surface area contributed by atoms with E-state index in [4.69, 9.17) is 4.74 Å². The van der Waals surface area contributed by atoms with Gasteiger partial charge in [0.25, 0.3) is 0 Å². The van der Waals surface area contributed by atoms with Gasteiger partial charge < -0.3 is 14.2 Å². The number of rotatable bonds is 10. The topological polar surface area (TPSA) is 90.2 Å². The molecule has 0 N–H and O–H groups in total. The number of hydrogen-bond donors (Lipinski definition) is 0. The molecule has 0 saturated carbocycles. The van der Waals surface area contributed by atoms with Gasteiger partial charge in [0.15, 0.2) is 5.82 Å². The van der Waals surface area contributed by atoms with Gasteiger partial charge in [-0.15, -0.1) is 10.2 Å². The van der Waals surface area contributed by atoms with Crippen LogP contribution in [0.4, 0.5) is 0 Å². The number of aromatic nitrogens is 4. The quantitative estimate of drug-likeness (QED) is 0.529. The molecule has 0 saturated heterocycles. The van der Waals surface area contributed by atoms with Crippen molar-refractivity contribution in [2.75, 3.05) is 20.2 Å². The summed E-state index contributed by atoms with van der Waals surface area (Å²) in [5.74, 6) is 1.37. The number of nitrogens with zero attached hydrogens (tertiary/aromatic N) is 5. The third kappa shape index (κ3) is 6.48. The average Bonchev–Trinajstić information content (AvgIpc) is 3.03. The Hall–Kier alpha value is -2.51. The lowest BCUT2D eigenvalue weighted by Gasteiger charge is -2.25. The van der Waals surface area contributed by atoms with Crippen molar-refractivity contribution >= 4 is 22.9 Å². The van der Waals surface area contributed by atoms with Gasteiger partial charge in [0.2, 0.25) is 23.2 Å². The minimum absolute atomic E-state index is 0.0265. The Morgan fingerprint density at radius 2 is 1.65 bits per heavy atom. The van der Waals surface area contributed by atoms with Crippen molar-refractivity contribution in [2.24, 2.45) is 17.3 Å². The first kappa shape index (κ1) is 24.8. The average molecular weight is 432 g/mol. The molecular formula is C23H37N5O3. The van der Waals surface area contributed by atoms with Gasteiger partial charge in [-0.25, -0.2) is 4.98 Å². The number of fused-ring (bicyclic) bond motifs is 1. The van der Waals surface area contributed by atoms with Crippen LogP contribution in [0.1, 0.15) is 71.9 Å². The second-order valence-electron chi connectivity index (χ2n) is 9.94. The summed E-state index contributed by atoms with van der Waals surface area (Å²) in [6, 6.07) is 1.68. The highest BCUT2D eigenvalue weighted by Gasteiger charge is 2.30. The van der Waals surface area contributed by atoms with E-state index >= 15 is 0 Å².